The molecule has 0 saturated heterocycles. The van der Waals surface area contributed by atoms with Crippen molar-refractivity contribution in [3.8, 4) is 0 Å². The van der Waals surface area contributed by atoms with Gasteiger partial charge in [-0.05, 0) is 17.7 Å². The van der Waals surface area contributed by atoms with E-state index in [2.05, 4.69) is 27.5 Å². The zero-order chi connectivity index (χ0) is 24.1. The second-order valence-electron chi connectivity index (χ2n) is 6.95. The van der Waals surface area contributed by atoms with Gasteiger partial charge in [0.2, 0.25) is 0 Å². The van der Waals surface area contributed by atoms with Crippen LogP contribution in [-0.2, 0) is 11.2 Å². The molecule has 0 bridgehead atoms. The number of carbonyl (C=O) groups excluding carboxylic acids is 1. The van der Waals surface area contributed by atoms with Crippen LogP contribution in [0.1, 0.15) is 15.9 Å². The van der Waals surface area contributed by atoms with Gasteiger partial charge in [-0.3, -0.25) is 19.4 Å². The molecule has 3 aromatic rings. The van der Waals surface area contributed by atoms with E-state index in [1.165, 1.54) is 18.5 Å². The Bertz CT molecular complexity index is 1260. The Hall–Kier alpha value is -3.69. The molecule has 3 rings (SSSR count). The van der Waals surface area contributed by atoms with E-state index >= 15 is 0 Å². The van der Waals surface area contributed by atoms with Gasteiger partial charge < -0.3 is 21.1 Å². The third-order valence-electron chi connectivity index (χ3n) is 4.68. The smallest absolute Gasteiger partial charge is 0.326 e. The normalized spacial score (nSPS) is 11.6. The first-order chi connectivity index (χ1) is 15.7. The van der Waals surface area contributed by atoms with E-state index in [-0.39, 0.29) is 39.9 Å². The highest BCUT2D eigenvalue weighted by Crippen LogP contribution is 2.24. The molecule has 0 unspecified atom stereocenters. The SMILES string of the molecule is C=CCNc1c(N[C@@H](Cc2ccc(NC(=O)c3c(Cl)cncc3Cl)cc2)C(=O)O)c(=O)c1=O. The van der Waals surface area contributed by atoms with Crippen LogP contribution < -0.4 is 26.8 Å². The first-order valence-electron chi connectivity index (χ1n) is 9.59. The molecular weight excluding hydrogens is 471 g/mol. The Morgan fingerprint density at radius 3 is 2.24 bits per heavy atom. The Labute approximate surface area is 197 Å². The van der Waals surface area contributed by atoms with Gasteiger partial charge >= 0.3 is 5.97 Å². The number of aromatic nitrogens is 1. The molecular formula is C22H18Cl2N4O5. The summed E-state index contributed by atoms with van der Waals surface area (Å²) in [5, 5.41) is 17.8. The Morgan fingerprint density at radius 1 is 1.06 bits per heavy atom. The maximum atomic E-state index is 12.5. The highest BCUT2D eigenvalue weighted by atomic mass is 35.5. The van der Waals surface area contributed by atoms with Crippen molar-refractivity contribution in [3.05, 3.63) is 90.9 Å². The Kier molecular flexibility index (Phi) is 7.47. The van der Waals surface area contributed by atoms with Crippen molar-refractivity contribution >= 4 is 52.1 Å². The minimum atomic E-state index is -1.20. The molecule has 1 atom stereocenters. The van der Waals surface area contributed by atoms with E-state index < -0.39 is 28.8 Å². The fourth-order valence-electron chi connectivity index (χ4n) is 3.03. The summed E-state index contributed by atoms with van der Waals surface area (Å²) in [6.07, 6.45) is 4.13. The molecule has 9 nitrogen and oxygen atoms in total. The molecule has 1 heterocycles. The number of rotatable bonds is 10. The number of carboxylic acid groups (broad SMARTS) is 1. The van der Waals surface area contributed by atoms with Crippen LogP contribution in [0.2, 0.25) is 10.0 Å². The number of anilines is 3. The molecule has 11 heteroatoms. The maximum absolute atomic E-state index is 12.5. The van der Waals surface area contributed by atoms with Crippen LogP contribution in [0, 0.1) is 0 Å². The molecule has 0 saturated carbocycles. The van der Waals surface area contributed by atoms with Crippen molar-refractivity contribution in [2.24, 2.45) is 0 Å². The summed E-state index contributed by atoms with van der Waals surface area (Å²) in [4.78, 5) is 51.6. The van der Waals surface area contributed by atoms with Gasteiger partial charge in [0.05, 0.1) is 15.6 Å². The number of hydrogen-bond acceptors (Lipinski definition) is 7. The summed E-state index contributed by atoms with van der Waals surface area (Å²) in [6.45, 7) is 3.77. The molecule has 4 N–H and O–H groups in total. The molecule has 1 amide bonds. The van der Waals surface area contributed by atoms with Gasteiger partial charge in [-0.15, -0.1) is 6.58 Å². The third-order valence-corrected chi connectivity index (χ3v) is 5.26. The van der Waals surface area contributed by atoms with Crippen LogP contribution in [-0.4, -0.2) is 34.6 Å². The quantitative estimate of drug-likeness (QED) is 0.252. The number of pyridine rings is 1. The first kappa shape index (κ1) is 24.0. The van der Waals surface area contributed by atoms with Crippen molar-refractivity contribution in [2.75, 3.05) is 22.5 Å². The average Bonchev–Trinajstić information content (AvgIpc) is 2.78. The van der Waals surface area contributed by atoms with E-state index in [1.807, 2.05) is 0 Å². The summed E-state index contributed by atoms with van der Waals surface area (Å²) in [6, 6.07) is 5.27. The lowest BCUT2D eigenvalue weighted by Crippen LogP contribution is -2.42. The molecule has 33 heavy (non-hydrogen) atoms. The zero-order valence-electron chi connectivity index (χ0n) is 17.0. The number of nitrogens with zero attached hydrogens (tertiary/aromatic N) is 1. The van der Waals surface area contributed by atoms with Crippen molar-refractivity contribution < 1.29 is 14.7 Å². The summed E-state index contributed by atoms with van der Waals surface area (Å²) in [5.41, 5.74) is -0.376. The number of carbonyl (C=O) groups is 2. The van der Waals surface area contributed by atoms with Crippen LogP contribution in [0.5, 0.6) is 0 Å². The van der Waals surface area contributed by atoms with E-state index in [1.54, 1.807) is 24.3 Å². The van der Waals surface area contributed by atoms with Crippen LogP contribution in [0.15, 0.2) is 58.9 Å². The standard InChI is InChI=1S/C22H18Cl2N4O5/c1-2-7-26-17-18(20(30)19(17)29)28-15(22(32)33)8-11-3-5-12(6-4-11)27-21(31)16-13(23)9-25-10-14(16)24/h2-6,9-10,15,26,28H,1,7-8H2,(H,27,31)(H,32,33)/t15-/m0/s1. The topological polar surface area (TPSA) is 137 Å². The largest absolute Gasteiger partial charge is 0.480 e. The van der Waals surface area contributed by atoms with E-state index in [0.29, 0.717) is 11.3 Å². The molecule has 0 aliphatic heterocycles. The predicted octanol–water partition coefficient (Wildman–Crippen LogP) is 2.94. The van der Waals surface area contributed by atoms with Gasteiger partial charge in [0.15, 0.2) is 0 Å². The van der Waals surface area contributed by atoms with E-state index in [4.69, 9.17) is 23.2 Å². The summed E-state index contributed by atoms with van der Waals surface area (Å²) < 4.78 is 0. The number of nitrogens with one attached hydrogen (secondary N) is 3. The second-order valence-corrected chi connectivity index (χ2v) is 7.76. The van der Waals surface area contributed by atoms with Gasteiger partial charge in [0, 0.05) is 31.0 Å². The van der Waals surface area contributed by atoms with Gasteiger partial charge in [0.25, 0.3) is 16.8 Å². The molecule has 170 valence electrons. The van der Waals surface area contributed by atoms with Gasteiger partial charge in [-0.25, -0.2) is 4.79 Å². The Balaban J connectivity index is 1.70. The summed E-state index contributed by atoms with van der Waals surface area (Å²) in [7, 11) is 0. The van der Waals surface area contributed by atoms with Crippen LogP contribution in [0.3, 0.4) is 0 Å². The highest BCUT2D eigenvalue weighted by molar-refractivity contribution is 6.40. The number of benzene rings is 1. The van der Waals surface area contributed by atoms with Crippen LogP contribution in [0.25, 0.3) is 0 Å². The average molecular weight is 489 g/mol. The van der Waals surface area contributed by atoms with Crippen LogP contribution >= 0.6 is 23.2 Å². The van der Waals surface area contributed by atoms with Crippen molar-refractivity contribution in [1.29, 1.82) is 0 Å². The molecule has 0 aliphatic carbocycles. The van der Waals surface area contributed by atoms with E-state index in [0.717, 1.165) is 0 Å². The number of hydrogen-bond donors (Lipinski definition) is 4. The molecule has 0 radical (unpaired) electrons. The van der Waals surface area contributed by atoms with Crippen molar-refractivity contribution in [2.45, 2.75) is 12.5 Å². The molecule has 0 spiro atoms. The highest BCUT2D eigenvalue weighted by Gasteiger charge is 2.26. The fraction of sp³-hybridized carbons (Fsp3) is 0.136. The minimum absolute atomic E-state index is 0.0191. The van der Waals surface area contributed by atoms with Gasteiger partial charge in [-0.1, -0.05) is 41.4 Å². The fourth-order valence-corrected chi connectivity index (χ4v) is 3.56. The van der Waals surface area contributed by atoms with Gasteiger partial charge in [-0.2, -0.15) is 0 Å². The number of halogens is 2. The molecule has 1 aromatic heterocycles. The number of carboxylic acids is 1. The summed E-state index contributed by atoms with van der Waals surface area (Å²) >= 11 is 12.0. The lowest BCUT2D eigenvalue weighted by Gasteiger charge is -2.19. The van der Waals surface area contributed by atoms with E-state index in [9.17, 15) is 24.3 Å². The monoisotopic (exact) mass is 488 g/mol. The second kappa shape index (κ2) is 10.3. The number of aliphatic carboxylic acids is 1. The van der Waals surface area contributed by atoms with Crippen molar-refractivity contribution in [1.82, 2.24) is 4.98 Å². The zero-order valence-corrected chi connectivity index (χ0v) is 18.5. The summed E-state index contributed by atoms with van der Waals surface area (Å²) in [5.74, 6) is -1.72. The number of amides is 1. The third kappa shape index (κ3) is 5.39. The molecule has 0 aliphatic rings. The maximum Gasteiger partial charge on any atom is 0.326 e. The first-order valence-corrected chi connectivity index (χ1v) is 10.3. The van der Waals surface area contributed by atoms with Crippen LogP contribution in [0.4, 0.5) is 17.1 Å². The molecule has 0 fully saturated rings. The minimum Gasteiger partial charge on any atom is -0.480 e. The Morgan fingerprint density at radius 2 is 1.67 bits per heavy atom. The predicted molar refractivity (Wildman–Crippen MR) is 127 cm³/mol. The lowest BCUT2D eigenvalue weighted by molar-refractivity contribution is -0.137. The molecule has 2 aromatic carbocycles. The lowest BCUT2D eigenvalue weighted by atomic mass is 10.0. The van der Waals surface area contributed by atoms with Crippen molar-refractivity contribution in [3.63, 3.8) is 0 Å². The van der Waals surface area contributed by atoms with Gasteiger partial charge in [0.1, 0.15) is 17.4 Å².